The molecule has 4 nitrogen and oxygen atoms in total. The van der Waals surface area contributed by atoms with Crippen molar-refractivity contribution in [2.45, 2.75) is 46.1 Å². The van der Waals surface area contributed by atoms with E-state index in [1.54, 1.807) is 30.3 Å². The quantitative estimate of drug-likeness (QED) is 0.372. The molecular formula is C25H26Cl2N2O2. The number of anilines is 1. The molecule has 0 fully saturated rings. The van der Waals surface area contributed by atoms with Crippen molar-refractivity contribution in [1.82, 2.24) is 4.57 Å². The van der Waals surface area contributed by atoms with Gasteiger partial charge in [0.25, 0.3) is 5.91 Å². The predicted octanol–water partition coefficient (Wildman–Crippen LogP) is 6.96. The van der Waals surface area contributed by atoms with E-state index in [0.717, 1.165) is 31.4 Å². The molecular weight excluding hydrogens is 431 g/mol. The highest BCUT2D eigenvalue weighted by Crippen LogP contribution is 2.31. The summed E-state index contributed by atoms with van der Waals surface area (Å²) in [5.41, 5.74) is 2.16. The molecule has 0 aliphatic rings. The molecule has 0 radical (unpaired) electrons. The SMILES string of the molecule is CCCCCCn1c(C)cc(=O)c(C(=O)Nc2ccccc2Cl)c1-c1ccccc1Cl. The van der Waals surface area contributed by atoms with Crippen LogP contribution in [0.3, 0.4) is 0 Å². The molecule has 0 aliphatic carbocycles. The first-order valence-corrected chi connectivity index (χ1v) is 11.2. The molecule has 0 saturated heterocycles. The summed E-state index contributed by atoms with van der Waals surface area (Å²) in [5, 5.41) is 3.69. The highest BCUT2D eigenvalue weighted by Gasteiger charge is 2.23. The maximum absolute atomic E-state index is 13.3. The second-order valence-electron chi connectivity index (χ2n) is 7.50. The standard InChI is InChI=1S/C25H26Cl2N2O2/c1-3-4-5-10-15-29-17(2)16-22(30)23(24(29)18-11-6-7-12-19(18)26)25(31)28-21-14-9-8-13-20(21)27/h6-9,11-14,16H,3-5,10,15H2,1-2H3,(H,28,31). The number of para-hydroxylation sites is 1. The van der Waals surface area contributed by atoms with E-state index in [9.17, 15) is 9.59 Å². The van der Waals surface area contributed by atoms with Gasteiger partial charge in [0.1, 0.15) is 5.56 Å². The zero-order chi connectivity index (χ0) is 22.4. The molecule has 162 valence electrons. The third-order valence-electron chi connectivity index (χ3n) is 5.23. The Labute approximate surface area is 192 Å². The summed E-state index contributed by atoms with van der Waals surface area (Å²) in [6.07, 6.45) is 4.29. The third-order valence-corrected chi connectivity index (χ3v) is 5.89. The molecule has 0 unspecified atom stereocenters. The summed E-state index contributed by atoms with van der Waals surface area (Å²) in [6, 6.07) is 15.7. The maximum atomic E-state index is 13.3. The highest BCUT2D eigenvalue weighted by molar-refractivity contribution is 6.34. The van der Waals surface area contributed by atoms with E-state index in [-0.39, 0.29) is 11.0 Å². The molecule has 0 spiro atoms. The topological polar surface area (TPSA) is 51.1 Å². The van der Waals surface area contributed by atoms with Crippen LogP contribution in [-0.4, -0.2) is 10.5 Å². The number of carbonyl (C=O) groups excluding carboxylic acids is 1. The Kier molecular flexibility index (Phi) is 7.94. The lowest BCUT2D eigenvalue weighted by atomic mass is 10.0. The number of rotatable bonds is 8. The lowest BCUT2D eigenvalue weighted by molar-refractivity contribution is 0.102. The van der Waals surface area contributed by atoms with Crippen LogP contribution in [0.1, 0.15) is 48.7 Å². The first-order valence-electron chi connectivity index (χ1n) is 10.5. The van der Waals surface area contributed by atoms with Gasteiger partial charge < -0.3 is 9.88 Å². The number of halogens is 2. The van der Waals surface area contributed by atoms with Crippen LogP contribution in [-0.2, 0) is 6.54 Å². The predicted molar refractivity (Wildman–Crippen MR) is 129 cm³/mol. The number of aryl methyl sites for hydroxylation is 1. The van der Waals surface area contributed by atoms with E-state index < -0.39 is 5.91 Å². The van der Waals surface area contributed by atoms with Crippen molar-refractivity contribution in [3.63, 3.8) is 0 Å². The number of carbonyl (C=O) groups is 1. The molecule has 3 rings (SSSR count). The van der Waals surface area contributed by atoms with Crippen LogP contribution in [0.4, 0.5) is 5.69 Å². The van der Waals surface area contributed by atoms with Crippen molar-refractivity contribution in [3.05, 3.63) is 86.1 Å². The summed E-state index contributed by atoms with van der Waals surface area (Å²) < 4.78 is 2.03. The zero-order valence-corrected chi connectivity index (χ0v) is 19.3. The van der Waals surface area contributed by atoms with E-state index >= 15 is 0 Å². The summed E-state index contributed by atoms with van der Waals surface area (Å²) in [6.45, 7) is 4.74. The number of pyridine rings is 1. The van der Waals surface area contributed by atoms with Gasteiger partial charge in [0.15, 0.2) is 5.43 Å². The first kappa shape index (κ1) is 23.1. The zero-order valence-electron chi connectivity index (χ0n) is 17.8. The van der Waals surface area contributed by atoms with E-state index in [2.05, 4.69) is 12.2 Å². The molecule has 1 aromatic heterocycles. The van der Waals surface area contributed by atoms with Gasteiger partial charge in [-0.25, -0.2) is 0 Å². The Balaban J connectivity index is 2.15. The fourth-order valence-electron chi connectivity index (χ4n) is 3.65. The molecule has 0 bridgehead atoms. The number of benzene rings is 2. The van der Waals surface area contributed by atoms with Crippen LogP contribution >= 0.6 is 23.2 Å². The molecule has 1 N–H and O–H groups in total. The molecule has 0 atom stereocenters. The smallest absolute Gasteiger partial charge is 0.261 e. The molecule has 0 aliphatic heterocycles. The van der Waals surface area contributed by atoms with Gasteiger partial charge in [-0.1, -0.05) is 79.7 Å². The minimum atomic E-state index is -0.504. The van der Waals surface area contributed by atoms with Crippen molar-refractivity contribution >= 4 is 34.8 Å². The van der Waals surface area contributed by atoms with Crippen molar-refractivity contribution < 1.29 is 4.79 Å². The molecule has 1 amide bonds. The summed E-state index contributed by atoms with van der Waals surface area (Å²) in [4.78, 5) is 26.3. The van der Waals surface area contributed by atoms with Crippen LogP contribution in [0, 0.1) is 6.92 Å². The summed E-state index contributed by atoms with van der Waals surface area (Å²) >= 11 is 12.7. The van der Waals surface area contributed by atoms with Crippen molar-refractivity contribution in [2.75, 3.05) is 5.32 Å². The fraction of sp³-hybridized carbons (Fsp3) is 0.280. The van der Waals surface area contributed by atoms with Crippen molar-refractivity contribution in [2.24, 2.45) is 0 Å². The largest absolute Gasteiger partial charge is 0.344 e. The molecule has 0 saturated carbocycles. The number of nitrogens with one attached hydrogen (secondary N) is 1. The monoisotopic (exact) mass is 456 g/mol. The average molecular weight is 457 g/mol. The second-order valence-corrected chi connectivity index (χ2v) is 8.31. The van der Waals surface area contributed by atoms with Gasteiger partial charge in [-0.2, -0.15) is 0 Å². The molecule has 6 heteroatoms. The maximum Gasteiger partial charge on any atom is 0.261 e. The molecule has 31 heavy (non-hydrogen) atoms. The Morgan fingerprint density at radius 1 is 0.968 bits per heavy atom. The van der Waals surface area contributed by atoms with Crippen LogP contribution in [0.25, 0.3) is 11.3 Å². The Morgan fingerprint density at radius 2 is 1.65 bits per heavy atom. The van der Waals surface area contributed by atoms with Gasteiger partial charge in [0.2, 0.25) is 0 Å². The number of hydrogen-bond acceptors (Lipinski definition) is 2. The number of unbranched alkanes of at least 4 members (excludes halogenated alkanes) is 3. The number of amides is 1. The fourth-order valence-corrected chi connectivity index (χ4v) is 4.06. The van der Waals surface area contributed by atoms with Gasteiger partial charge in [-0.3, -0.25) is 9.59 Å². The van der Waals surface area contributed by atoms with Crippen LogP contribution < -0.4 is 10.7 Å². The lowest BCUT2D eigenvalue weighted by Gasteiger charge is -2.21. The summed E-state index contributed by atoms with van der Waals surface area (Å²) in [7, 11) is 0. The molecule has 3 aromatic rings. The number of hydrogen-bond donors (Lipinski definition) is 1. The Bertz CT molecular complexity index is 1140. The van der Waals surface area contributed by atoms with E-state index in [1.165, 1.54) is 6.07 Å². The van der Waals surface area contributed by atoms with E-state index in [0.29, 0.717) is 33.5 Å². The van der Waals surface area contributed by atoms with Gasteiger partial charge in [-0.15, -0.1) is 0 Å². The van der Waals surface area contributed by atoms with Gasteiger partial charge in [0, 0.05) is 28.9 Å². The van der Waals surface area contributed by atoms with Crippen molar-refractivity contribution in [3.8, 4) is 11.3 Å². The van der Waals surface area contributed by atoms with E-state index in [4.69, 9.17) is 23.2 Å². The second kappa shape index (κ2) is 10.7. The normalized spacial score (nSPS) is 10.8. The van der Waals surface area contributed by atoms with Gasteiger partial charge in [-0.05, 0) is 31.5 Å². The van der Waals surface area contributed by atoms with Gasteiger partial charge in [0.05, 0.1) is 16.4 Å². The Morgan fingerprint density at radius 3 is 2.32 bits per heavy atom. The van der Waals surface area contributed by atoms with Crippen LogP contribution in [0.15, 0.2) is 59.4 Å². The first-order chi connectivity index (χ1) is 14.9. The number of aromatic nitrogens is 1. The van der Waals surface area contributed by atoms with Crippen LogP contribution in [0.5, 0.6) is 0 Å². The van der Waals surface area contributed by atoms with Crippen LogP contribution in [0.2, 0.25) is 10.0 Å². The molecule has 2 aromatic carbocycles. The highest BCUT2D eigenvalue weighted by atomic mass is 35.5. The molecule has 1 heterocycles. The van der Waals surface area contributed by atoms with E-state index in [1.807, 2.05) is 29.7 Å². The van der Waals surface area contributed by atoms with Gasteiger partial charge >= 0.3 is 0 Å². The third kappa shape index (κ3) is 5.38. The average Bonchev–Trinajstić information content (AvgIpc) is 2.74. The number of nitrogens with zero attached hydrogens (tertiary/aromatic N) is 1. The van der Waals surface area contributed by atoms with Crippen molar-refractivity contribution in [1.29, 1.82) is 0 Å². The minimum absolute atomic E-state index is 0.0640. The Hall–Kier alpha value is -2.56. The summed E-state index contributed by atoms with van der Waals surface area (Å²) in [5.74, 6) is -0.504. The lowest BCUT2D eigenvalue weighted by Crippen LogP contribution is -2.27. The minimum Gasteiger partial charge on any atom is -0.344 e.